The van der Waals surface area contributed by atoms with Gasteiger partial charge in [-0.3, -0.25) is 4.79 Å². The summed E-state index contributed by atoms with van der Waals surface area (Å²) in [6, 6.07) is 0.502. The van der Waals surface area contributed by atoms with Gasteiger partial charge in [0.15, 0.2) is 0 Å². The first-order valence-electron chi connectivity index (χ1n) is 4.03. The molecule has 57 valence electrons. The van der Waals surface area contributed by atoms with Gasteiger partial charge < -0.3 is 4.90 Å². The van der Waals surface area contributed by atoms with E-state index in [4.69, 9.17) is 0 Å². The second kappa shape index (κ2) is 3.59. The van der Waals surface area contributed by atoms with E-state index in [-0.39, 0.29) is 0 Å². The van der Waals surface area contributed by atoms with Gasteiger partial charge in [0.25, 0.3) is 0 Å². The first-order valence-corrected chi connectivity index (χ1v) is 4.03. The van der Waals surface area contributed by atoms with E-state index in [9.17, 15) is 4.79 Å². The normalized spacial score (nSPS) is 25.3. The fourth-order valence-corrected chi connectivity index (χ4v) is 1.59. The van der Waals surface area contributed by atoms with Crippen LogP contribution in [0.1, 0.15) is 32.6 Å². The van der Waals surface area contributed by atoms with Crippen LogP contribution in [0.5, 0.6) is 0 Å². The Kier molecular flexibility index (Phi) is 2.72. The van der Waals surface area contributed by atoms with Crippen molar-refractivity contribution in [3.63, 3.8) is 0 Å². The molecule has 1 radical (unpaired) electrons. The first-order chi connectivity index (χ1) is 4.88. The summed E-state index contributed by atoms with van der Waals surface area (Å²) in [4.78, 5) is 12.1. The zero-order chi connectivity index (χ0) is 7.40. The van der Waals surface area contributed by atoms with Gasteiger partial charge >= 0.3 is 6.41 Å². The van der Waals surface area contributed by atoms with Crippen molar-refractivity contribution in [1.82, 2.24) is 4.90 Å². The van der Waals surface area contributed by atoms with Gasteiger partial charge in [0.2, 0.25) is 0 Å². The molecule has 1 rings (SSSR count). The van der Waals surface area contributed by atoms with Crippen LogP contribution in [0.4, 0.5) is 0 Å². The molecule has 0 aromatic rings. The molecule has 0 aromatic heterocycles. The molecule has 2 nitrogen and oxygen atoms in total. The van der Waals surface area contributed by atoms with Gasteiger partial charge in [-0.15, -0.1) is 0 Å². The molecule has 1 unspecified atom stereocenters. The van der Waals surface area contributed by atoms with Crippen molar-refractivity contribution >= 4 is 6.41 Å². The highest BCUT2D eigenvalue weighted by Gasteiger charge is 2.21. The summed E-state index contributed by atoms with van der Waals surface area (Å²) in [5, 5.41) is 0. The van der Waals surface area contributed by atoms with Crippen LogP contribution in [0.3, 0.4) is 0 Å². The van der Waals surface area contributed by atoms with Crippen LogP contribution < -0.4 is 0 Å². The van der Waals surface area contributed by atoms with Gasteiger partial charge in [-0.05, 0) is 19.3 Å². The van der Waals surface area contributed by atoms with Crippen LogP contribution in [-0.2, 0) is 4.79 Å². The lowest BCUT2D eigenvalue weighted by atomic mass is 10.1. The lowest BCUT2D eigenvalue weighted by Crippen LogP contribution is -2.27. The van der Waals surface area contributed by atoms with Gasteiger partial charge in [-0.1, -0.05) is 13.3 Å². The summed E-state index contributed by atoms with van der Waals surface area (Å²) in [5.74, 6) is 0. The predicted octanol–water partition coefficient (Wildman–Crippen LogP) is 1.32. The molecule has 1 heterocycles. The van der Waals surface area contributed by atoms with Crippen molar-refractivity contribution < 1.29 is 4.79 Å². The fourth-order valence-electron chi connectivity index (χ4n) is 1.59. The maximum Gasteiger partial charge on any atom is 0.312 e. The van der Waals surface area contributed by atoms with Gasteiger partial charge in [-0.25, -0.2) is 0 Å². The molecular formula is C8H14NO. The third-order valence-corrected chi connectivity index (χ3v) is 2.12. The quantitative estimate of drug-likeness (QED) is 0.579. The molecule has 1 atom stereocenters. The molecule has 10 heavy (non-hydrogen) atoms. The van der Waals surface area contributed by atoms with Crippen molar-refractivity contribution in [2.75, 3.05) is 6.54 Å². The van der Waals surface area contributed by atoms with E-state index in [2.05, 4.69) is 6.92 Å². The molecule has 0 spiro atoms. The lowest BCUT2D eigenvalue weighted by molar-refractivity contribution is 0.341. The Hall–Kier alpha value is -0.530. The molecule has 0 saturated carbocycles. The van der Waals surface area contributed by atoms with Gasteiger partial charge in [-0.2, -0.15) is 0 Å². The number of carbonyl (C=O) groups excluding carboxylic acids is 1. The van der Waals surface area contributed by atoms with Crippen LogP contribution in [0.2, 0.25) is 0 Å². The standard InChI is InChI=1S/C8H14NO/c1-2-4-8-5-3-6-9(8)7-10/h8H,2-6H2,1H3. The number of nitrogens with zero attached hydrogens (tertiary/aromatic N) is 1. The summed E-state index contributed by atoms with van der Waals surface area (Å²) in [5.41, 5.74) is 0. The predicted molar refractivity (Wildman–Crippen MR) is 40.3 cm³/mol. The number of hydrogen-bond acceptors (Lipinski definition) is 1. The zero-order valence-corrected chi connectivity index (χ0v) is 6.47. The Morgan fingerprint density at radius 2 is 2.50 bits per heavy atom. The van der Waals surface area contributed by atoms with Crippen LogP contribution in [0.25, 0.3) is 0 Å². The van der Waals surface area contributed by atoms with Crippen molar-refractivity contribution in [2.24, 2.45) is 0 Å². The maximum atomic E-state index is 10.3. The van der Waals surface area contributed by atoms with Crippen LogP contribution in [-0.4, -0.2) is 23.9 Å². The van der Waals surface area contributed by atoms with Gasteiger partial charge in [0.05, 0.1) is 0 Å². The summed E-state index contributed by atoms with van der Waals surface area (Å²) >= 11 is 0. The Morgan fingerprint density at radius 1 is 1.70 bits per heavy atom. The number of likely N-dealkylation sites (tertiary alicyclic amines) is 1. The van der Waals surface area contributed by atoms with Crippen LogP contribution in [0.15, 0.2) is 0 Å². The SMILES string of the molecule is CCCC1CCCN1[C]=O. The minimum atomic E-state index is 0.502. The van der Waals surface area contributed by atoms with Crippen molar-refractivity contribution in [3.05, 3.63) is 0 Å². The van der Waals surface area contributed by atoms with Crippen LogP contribution >= 0.6 is 0 Å². The highest BCUT2D eigenvalue weighted by molar-refractivity contribution is 5.49. The van der Waals surface area contributed by atoms with E-state index in [1.54, 1.807) is 0 Å². The minimum Gasteiger partial charge on any atom is -0.331 e. The topological polar surface area (TPSA) is 20.3 Å². The Morgan fingerprint density at radius 3 is 3.10 bits per heavy atom. The van der Waals surface area contributed by atoms with Crippen molar-refractivity contribution in [2.45, 2.75) is 38.6 Å². The van der Waals surface area contributed by atoms with Crippen molar-refractivity contribution in [3.8, 4) is 0 Å². The van der Waals surface area contributed by atoms with E-state index < -0.39 is 0 Å². The largest absolute Gasteiger partial charge is 0.331 e. The monoisotopic (exact) mass is 140 g/mol. The van der Waals surface area contributed by atoms with E-state index in [1.165, 1.54) is 19.3 Å². The average molecular weight is 140 g/mol. The second-order valence-electron chi connectivity index (χ2n) is 2.87. The Balaban J connectivity index is 2.34. The molecular weight excluding hydrogens is 126 g/mol. The second-order valence-corrected chi connectivity index (χ2v) is 2.87. The van der Waals surface area contributed by atoms with Gasteiger partial charge in [0, 0.05) is 12.6 Å². The fraction of sp³-hybridized carbons (Fsp3) is 0.875. The van der Waals surface area contributed by atoms with E-state index in [0.29, 0.717) is 6.04 Å². The number of rotatable bonds is 3. The minimum absolute atomic E-state index is 0.502. The number of amides is 1. The molecule has 0 aliphatic carbocycles. The summed E-state index contributed by atoms with van der Waals surface area (Å²) in [6.07, 6.45) is 6.65. The molecule has 0 aromatic carbocycles. The highest BCUT2D eigenvalue weighted by atomic mass is 16.1. The third kappa shape index (κ3) is 1.49. The first kappa shape index (κ1) is 7.58. The average Bonchev–Trinajstić information content (AvgIpc) is 2.36. The number of hydrogen-bond donors (Lipinski definition) is 0. The molecule has 1 aliphatic heterocycles. The Bertz CT molecular complexity index is 114. The van der Waals surface area contributed by atoms with E-state index >= 15 is 0 Å². The highest BCUT2D eigenvalue weighted by Crippen LogP contribution is 2.18. The third-order valence-electron chi connectivity index (χ3n) is 2.12. The molecule has 1 fully saturated rings. The molecule has 1 amide bonds. The van der Waals surface area contributed by atoms with Crippen LogP contribution in [0, 0.1) is 0 Å². The molecule has 1 aliphatic rings. The molecule has 0 bridgehead atoms. The lowest BCUT2D eigenvalue weighted by Gasteiger charge is -2.17. The molecule has 1 saturated heterocycles. The summed E-state index contributed by atoms with van der Waals surface area (Å²) < 4.78 is 0. The smallest absolute Gasteiger partial charge is 0.312 e. The van der Waals surface area contributed by atoms with E-state index in [0.717, 1.165) is 13.0 Å². The van der Waals surface area contributed by atoms with E-state index in [1.807, 2.05) is 11.3 Å². The summed E-state index contributed by atoms with van der Waals surface area (Å²) in [7, 11) is 0. The van der Waals surface area contributed by atoms with Crippen molar-refractivity contribution in [1.29, 1.82) is 0 Å². The maximum absolute atomic E-state index is 10.3. The summed E-state index contributed by atoms with van der Waals surface area (Å²) in [6.45, 7) is 3.08. The molecule has 2 heteroatoms. The van der Waals surface area contributed by atoms with Gasteiger partial charge in [0.1, 0.15) is 0 Å². The molecule has 0 N–H and O–H groups in total. The Labute approximate surface area is 62.2 Å². The zero-order valence-electron chi connectivity index (χ0n) is 6.47.